The van der Waals surface area contributed by atoms with Crippen LogP contribution in [0.1, 0.15) is 12.8 Å². The van der Waals surface area contributed by atoms with E-state index in [4.69, 9.17) is 0 Å². The van der Waals surface area contributed by atoms with E-state index in [1.54, 1.807) is 11.3 Å². The van der Waals surface area contributed by atoms with Crippen molar-refractivity contribution in [2.75, 3.05) is 0 Å². The molecule has 1 saturated heterocycles. The van der Waals surface area contributed by atoms with Gasteiger partial charge in [0.25, 0.3) is 0 Å². The summed E-state index contributed by atoms with van der Waals surface area (Å²) in [4.78, 5) is 23.0. The van der Waals surface area contributed by atoms with E-state index in [2.05, 4.69) is 0 Å². The van der Waals surface area contributed by atoms with Crippen molar-refractivity contribution in [1.82, 2.24) is 4.31 Å². The Hall–Kier alpha value is -1.33. The van der Waals surface area contributed by atoms with Gasteiger partial charge in [-0.05, 0) is 17.5 Å². The van der Waals surface area contributed by atoms with Crippen molar-refractivity contribution in [1.29, 1.82) is 0 Å². The molecule has 1 aliphatic heterocycles. The number of carbonyl (C=O) groups is 2. The molecule has 3 rings (SSSR count). The highest BCUT2D eigenvalue weighted by atomic mass is 32.2. The smallest absolute Gasteiger partial charge is 0.240 e. The van der Waals surface area contributed by atoms with Crippen molar-refractivity contribution < 1.29 is 9.59 Å². The number of amides is 2. The second-order valence-electron chi connectivity index (χ2n) is 3.78. The van der Waals surface area contributed by atoms with Crippen LogP contribution in [-0.2, 0) is 9.59 Å². The number of hydrogen-bond donors (Lipinski definition) is 0. The summed E-state index contributed by atoms with van der Waals surface area (Å²) in [6.07, 6.45) is 0.688. The number of nitrogens with zero attached hydrogens (tertiary/aromatic N) is 1. The van der Waals surface area contributed by atoms with E-state index in [1.165, 1.54) is 21.0 Å². The van der Waals surface area contributed by atoms with Crippen molar-refractivity contribution in [3.05, 3.63) is 30.3 Å². The van der Waals surface area contributed by atoms with Crippen LogP contribution in [0.3, 0.4) is 0 Å². The lowest BCUT2D eigenvalue weighted by atomic mass is 10.3. The summed E-state index contributed by atoms with van der Waals surface area (Å²) in [7, 11) is 0. The van der Waals surface area contributed by atoms with Gasteiger partial charge in [0.05, 0.1) is 4.21 Å². The molecule has 0 N–H and O–H groups in total. The zero-order valence-corrected chi connectivity index (χ0v) is 10.5. The third-order valence-corrected chi connectivity index (χ3v) is 4.86. The SMILES string of the molecule is O=C1CCC(=O)N1Sc1cc2ccccc2s1. The lowest BCUT2D eigenvalue weighted by Gasteiger charge is -2.09. The first-order valence-corrected chi connectivity index (χ1v) is 6.85. The van der Waals surface area contributed by atoms with Gasteiger partial charge in [-0.15, -0.1) is 11.3 Å². The lowest BCUT2D eigenvalue weighted by molar-refractivity contribution is -0.131. The molecule has 1 aliphatic rings. The van der Waals surface area contributed by atoms with Crippen molar-refractivity contribution in [2.45, 2.75) is 17.1 Å². The predicted molar refractivity (Wildman–Crippen MR) is 68.8 cm³/mol. The van der Waals surface area contributed by atoms with Crippen LogP contribution in [0.5, 0.6) is 0 Å². The molecule has 3 nitrogen and oxygen atoms in total. The fourth-order valence-corrected chi connectivity index (χ4v) is 3.93. The average molecular weight is 263 g/mol. The third kappa shape index (κ3) is 1.96. The van der Waals surface area contributed by atoms with Crippen LogP contribution in [0, 0.1) is 0 Å². The molecule has 1 aromatic carbocycles. The molecule has 0 bridgehead atoms. The van der Waals surface area contributed by atoms with Gasteiger partial charge in [0, 0.05) is 29.5 Å². The van der Waals surface area contributed by atoms with E-state index >= 15 is 0 Å². The average Bonchev–Trinajstić information content (AvgIpc) is 2.87. The van der Waals surface area contributed by atoms with Crippen LogP contribution >= 0.6 is 23.3 Å². The molecular formula is C12H9NO2S2. The minimum atomic E-state index is -0.0857. The highest BCUT2D eigenvalue weighted by Gasteiger charge is 2.30. The fraction of sp³-hybridized carbons (Fsp3) is 0.167. The number of fused-ring (bicyclic) bond motifs is 1. The molecule has 0 unspecified atom stereocenters. The van der Waals surface area contributed by atoms with Crippen molar-refractivity contribution in [3.8, 4) is 0 Å². The number of hydrogen-bond acceptors (Lipinski definition) is 4. The van der Waals surface area contributed by atoms with Crippen LogP contribution in [0.15, 0.2) is 34.5 Å². The van der Waals surface area contributed by atoms with E-state index in [0.717, 1.165) is 9.60 Å². The minimum Gasteiger partial charge on any atom is -0.273 e. The van der Waals surface area contributed by atoms with Crippen LogP contribution in [-0.4, -0.2) is 16.1 Å². The molecule has 2 heterocycles. The van der Waals surface area contributed by atoms with Crippen LogP contribution in [0.25, 0.3) is 10.1 Å². The standard InChI is InChI=1S/C12H9NO2S2/c14-10-5-6-11(15)13(10)17-12-7-8-3-1-2-4-9(8)16-12/h1-4,7H,5-6H2. The Kier molecular flexibility index (Phi) is 2.64. The van der Waals surface area contributed by atoms with Crippen LogP contribution in [0.2, 0.25) is 0 Å². The third-order valence-electron chi connectivity index (χ3n) is 2.59. The van der Waals surface area contributed by atoms with E-state index in [9.17, 15) is 9.59 Å². The Morgan fingerprint density at radius 3 is 2.53 bits per heavy atom. The Labute approximate surface area is 107 Å². The van der Waals surface area contributed by atoms with Gasteiger partial charge in [-0.1, -0.05) is 18.2 Å². The Balaban J connectivity index is 1.89. The maximum atomic E-state index is 11.5. The molecule has 0 saturated carbocycles. The maximum absolute atomic E-state index is 11.5. The zero-order valence-electron chi connectivity index (χ0n) is 8.88. The summed E-state index contributed by atoms with van der Waals surface area (Å²) < 4.78 is 3.44. The van der Waals surface area contributed by atoms with Gasteiger partial charge in [-0.25, -0.2) is 4.31 Å². The molecular weight excluding hydrogens is 254 g/mol. The lowest BCUT2D eigenvalue weighted by Crippen LogP contribution is -2.20. The zero-order chi connectivity index (χ0) is 11.8. The normalized spacial score (nSPS) is 16.1. The van der Waals surface area contributed by atoms with Crippen LogP contribution in [0.4, 0.5) is 0 Å². The van der Waals surface area contributed by atoms with Gasteiger partial charge in [0.2, 0.25) is 11.8 Å². The van der Waals surface area contributed by atoms with Crippen molar-refractivity contribution >= 4 is 45.2 Å². The number of carbonyl (C=O) groups excluding carboxylic acids is 2. The molecule has 0 spiro atoms. The first-order valence-electron chi connectivity index (χ1n) is 5.26. The quantitative estimate of drug-likeness (QED) is 0.617. The molecule has 0 radical (unpaired) electrons. The van der Waals surface area contributed by atoms with Crippen LogP contribution < -0.4 is 0 Å². The van der Waals surface area contributed by atoms with Crippen molar-refractivity contribution in [3.63, 3.8) is 0 Å². The summed E-state index contributed by atoms with van der Waals surface area (Å²) in [5.41, 5.74) is 0. The van der Waals surface area contributed by atoms with Gasteiger partial charge in [-0.2, -0.15) is 0 Å². The fourth-order valence-electron chi connectivity index (χ4n) is 1.75. The number of benzene rings is 1. The predicted octanol–water partition coefficient (Wildman–Crippen LogP) is 3.06. The molecule has 5 heteroatoms. The van der Waals surface area contributed by atoms with E-state index in [-0.39, 0.29) is 11.8 Å². The van der Waals surface area contributed by atoms with Gasteiger partial charge in [-0.3, -0.25) is 9.59 Å². The molecule has 2 aromatic rings. The van der Waals surface area contributed by atoms with Crippen molar-refractivity contribution in [2.24, 2.45) is 0 Å². The topological polar surface area (TPSA) is 37.4 Å². The molecule has 1 aromatic heterocycles. The molecule has 2 amide bonds. The largest absolute Gasteiger partial charge is 0.273 e. The van der Waals surface area contributed by atoms with Gasteiger partial charge in [0.1, 0.15) is 0 Å². The molecule has 1 fully saturated rings. The second kappa shape index (κ2) is 4.16. The first kappa shape index (κ1) is 10.8. The summed E-state index contributed by atoms with van der Waals surface area (Å²) in [6.45, 7) is 0. The summed E-state index contributed by atoms with van der Waals surface area (Å²) >= 11 is 2.85. The monoisotopic (exact) mass is 263 g/mol. The van der Waals surface area contributed by atoms with Gasteiger partial charge >= 0.3 is 0 Å². The number of imide groups is 1. The molecule has 86 valence electrons. The van der Waals surface area contributed by atoms with E-state index in [1.807, 2.05) is 30.3 Å². The molecule has 17 heavy (non-hydrogen) atoms. The van der Waals surface area contributed by atoms with Gasteiger partial charge < -0.3 is 0 Å². The molecule has 0 aliphatic carbocycles. The Morgan fingerprint density at radius 2 is 1.82 bits per heavy atom. The highest BCUT2D eigenvalue weighted by Crippen LogP contribution is 2.36. The van der Waals surface area contributed by atoms with E-state index in [0.29, 0.717) is 12.8 Å². The minimum absolute atomic E-state index is 0.0857. The second-order valence-corrected chi connectivity index (χ2v) is 6.11. The number of thiophene rings is 1. The van der Waals surface area contributed by atoms with Gasteiger partial charge in [0.15, 0.2) is 0 Å². The summed E-state index contributed by atoms with van der Waals surface area (Å²) in [5.74, 6) is -0.171. The highest BCUT2D eigenvalue weighted by molar-refractivity contribution is 8.00. The van der Waals surface area contributed by atoms with E-state index < -0.39 is 0 Å². The first-order chi connectivity index (χ1) is 8.24. The Morgan fingerprint density at radius 1 is 1.12 bits per heavy atom. The Bertz CT molecular complexity index is 556. The summed E-state index contributed by atoms with van der Waals surface area (Å²) in [6, 6.07) is 10.1. The molecule has 0 atom stereocenters. The number of rotatable bonds is 2. The maximum Gasteiger partial charge on any atom is 0.240 e. The summed E-state index contributed by atoms with van der Waals surface area (Å²) in [5, 5.41) is 1.15.